The number of carbonyl (C=O) groups excluding carboxylic acids is 1. The fourth-order valence-electron chi connectivity index (χ4n) is 1.59. The number of hydrogen-bond donors (Lipinski definition) is 1. The van der Waals surface area contributed by atoms with Crippen molar-refractivity contribution in [1.82, 2.24) is 4.98 Å². The number of aliphatic imine (C=N–C) groups is 1. The SMILES string of the molecule is O=C(O)C(=O)C1(c2ccc(Cl)nc2)C=CC=N1. The lowest BCUT2D eigenvalue weighted by Crippen LogP contribution is -2.36. The number of hydrogen-bond acceptors (Lipinski definition) is 4. The number of allylic oxidation sites excluding steroid dienone is 1. The minimum absolute atomic E-state index is 0.262. The van der Waals surface area contributed by atoms with Gasteiger partial charge in [0.2, 0.25) is 0 Å². The summed E-state index contributed by atoms with van der Waals surface area (Å²) in [6.07, 6.45) is 5.68. The predicted molar refractivity (Wildman–Crippen MR) is 61.2 cm³/mol. The Morgan fingerprint density at radius 1 is 1.35 bits per heavy atom. The van der Waals surface area contributed by atoms with Crippen molar-refractivity contribution >= 4 is 29.6 Å². The van der Waals surface area contributed by atoms with Gasteiger partial charge < -0.3 is 5.11 Å². The fraction of sp³-hybridized carbons (Fsp3) is 0.0909. The van der Waals surface area contributed by atoms with Gasteiger partial charge in [0.25, 0.3) is 5.78 Å². The first kappa shape index (κ1) is 11.5. The number of Topliss-reactive ketones (excluding diaryl/α,β-unsaturated/α-hetero) is 1. The molecule has 0 radical (unpaired) electrons. The highest BCUT2D eigenvalue weighted by molar-refractivity contribution is 6.37. The normalized spacial score (nSPS) is 21.7. The first-order valence-corrected chi connectivity index (χ1v) is 5.07. The molecule has 17 heavy (non-hydrogen) atoms. The Balaban J connectivity index is 2.53. The van der Waals surface area contributed by atoms with E-state index in [-0.39, 0.29) is 5.15 Å². The molecule has 1 unspecified atom stereocenters. The van der Waals surface area contributed by atoms with E-state index < -0.39 is 17.3 Å². The summed E-state index contributed by atoms with van der Waals surface area (Å²) in [6, 6.07) is 3.01. The first-order chi connectivity index (χ1) is 8.06. The van der Waals surface area contributed by atoms with Crippen LogP contribution in [0.1, 0.15) is 5.56 Å². The maximum atomic E-state index is 11.7. The summed E-state index contributed by atoms with van der Waals surface area (Å²) in [6.45, 7) is 0. The average molecular weight is 251 g/mol. The van der Waals surface area contributed by atoms with Crippen molar-refractivity contribution in [3.8, 4) is 0 Å². The van der Waals surface area contributed by atoms with Gasteiger partial charge in [0.15, 0.2) is 5.54 Å². The molecule has 1 atom stereocenters. The molecule has 1 aliphatic rings. The molecule has 0 amide bonds. The summed E-state index contributed by atoms with van der Waals surface area (Å²) in [7, 11) is 0. The Bertz CT molecular complexity index is 522. The van der Waals surface area contributed by atoms with E-state index in [1.165, 1.54) is 36.7 Å². The molecule has 2 rings (SSSR count). The molecule has 5 nitrogen and oxygen atoms in total. The molecule has 0 aromatic carbocycles. The predicted octanol–water partition coefficient (Wildman–Crippen LogP) is 1.22. The molecule has 0 spiro atoms. The zero-order chi connectivity index (χ0) is 12.5. The molecule has 0 saturated heterocycles. The van der Waals surface area contributed by atoms with Gasteiger partial charge >= 0.3 is 5.97 Å². The minimum Gasteiger partial charge on any atom is -0.475 e. The van der Waals surface area contributed by atoms with Gasteiger partial charge in [-0.3, -0.25) is 9.79 Å². The van der Waals surface area contributed by atoms with Crippen LogP contribution in [0.4, 0.5) is 0 Å². The Kier molecular flexibility index (Phi) is 2.77. The molecule has 1 N–H and O–H groups in total. The smallest absolute Gasteiger partial charge is 0.375 e. The maximum absolute atomic E-state index is 11.7. The molecule has 1 aromatic heterocycles. The Morgan fingerprint density at radius 3 is 2.59 bits per heavy atom. The van der Waals surface area contributed by atoms with Crippen molar-refractivity contribution in [2.45, 2.75) is 5.54 Å². The molecule has 0 aliphatic carbocycles. The number of carboxylic acid groups (broad SMARTS) is 1. The van der Waals surface area contributed by atoms with Crippen molar-refractivity contribution in [3.63, 3.8) is 0 Å². The Hall–Kier alpha value is -2.01. The molecule has 86 valence electrons. The molecule has 2 heterocycles. The Labute approximate surface area is 101 Å². The largest absolute Gasteiger partial charge is 0.475 e. The van der Waals surface area contributed by atoms with E-state index in [1.54, 1.807) is 0 Å². The van der Waals surface area contributed by atoms with Crippen molar-refractivity contribution in [2.75, 3.05) is 0 Å². The highest BCUT2D eigenvalue weighted by atomic mass is 35.5. The lowest BCUT2D eigenvalue weighted by atomic mass is 9.88. The van der Waals surface area contributed by atoms with E-state index in [9.17, 15) is 9.59 Å². The lowest BCUT2D eigenvalue weighted by molar-refractivity contribution is -0.151. The van der Waals surface area contributed by atoms with Crippen LogP contribution in [0.15, 0.2) is 35.5 Å². The van der Waals surface area contributed by atoms with Crippen LogP contribution in [0.3, 0.4) is 0 Å². The van der Waals surface area contributed by atoms with Crippen molar-refractivity contribution in [3.05, 3.63) is 41.2 Å². The third-order valence-electron chi connectivity index (χ3n) is 2.41. The van der Waals surface area contributed by atoms with Crippen LogP contribution >= 0.6 is 11.6 Å². The van der Waals surface area contributed by atoms with Crippen molar-refractivity contribution in [2.24, 2.45) is 4.99 Å². The van der Waals surface area contributed by atoms with Crippen LogP contribution in [-0.4, -0.2) is 28.1 Å². The molecular weight excluding hydrogens is 244 g/mol. The zero-order valence-electron chi connectivity index (χ0n) is 8.50. The third-order valence-corrected chi connectivity index (χ3v) is 2.63. The van der Waals surface area contributed by atoms with E-state index in [0.29, 0.717) is 5.56 Å². The third kappa shape index (κ3) is 1.85. The van der Waals surface area contributed by atoms with Crippen molar-refractivity contribution < 1.29 is 14.7 Å². The number of rotatable bonds is 3. The number of carboxylic acids is 1. The molecule has 0 bridgehead atoms. The second-order valence-corrected chi connectivity index (χ2v) is 3.79. The molecule has 0 fully saturated rings. The summed E-state index contributed by atoms with van der Waals surface area (Å²) < 4.78 is 0. The van der Waals surface area contributed by atoms with Crippen LogP contribution in [0, 0.1) is 0 Å². The van der Waals surface area contributed by atoms with E-state index in [2.05, 4.69) is 9.98 Å². The number of pyridine rings is 1. The highest BCUT2D eigenvalue weighted by Gasteiger charge is 2.42. The van der Waals surface area contributed by atoms with Crippen LogP contribution < -0.4 is 0 Å². The monoisotopic (exact) mass is 250 g/mol. The number of ketones is 1. The number of aliphatic carboxylic acids is 1. The molecule has 0 saturated carbocycles. The highest BCUT2D eigenvalue weighted by Crippen LogP contribution is 2.31. The van der Waals surface area contributed by atoms with Gasteiger partial charge in [-0.15, -0.1) is 0 Å². The van der Waals surface area contributed by atoms with Crippen molar-refractivity contribution in [1.29, 1.82) is 0 Å². The van der Waals surface area contributed by atoms with Gasteiger partial charge in [-0.25, -0.2) is 9.78 Å². The summed E-state index contributed by atoms with van der Waals surface area (Å²) >= 11 is 5.64. The lowest BCUT2D eigenvalue weighted by Gasteiger charge is -2.20. The second-order valence-electron chi connectivity index (χ2n) is 3.41. The quantitative estimate of drug-likeness (QED) is 0.646. The van der Waals surface area contributed by atoms with Crippen LogP contribution in [0.2, 0.25) is 5.15 Å². The van der Waals surface area contributed by atoms with Gasteiger partial charge in [-0.1, -0.05) is 17.7 Å². The van der Waals surface area contributed by atoms with Gasteiger partial charge in [-0.2, -0.15) is 0 Å². The number of nitrogens with zero attached hydrogens (tertiary/aromatic N) is 2. The average Bonchev–Trinajstić information content (AvgIpc) is 2.79. The molecular formula is C11H7ClN2O3. The second kappa shape index (κ2) is 4.10. The van der Waals surface area contributed by atoms with Crippen LogP contribution in [-0.2, 0) is 15.1 Å². The van der Waals surface area contributed by atoms with E-state index in [4.69, 9.17) is 16.7 Å². The van der Waals surface area contributed by atoms with Gasteiger partial charge in [0, 0.05) is 18.0 Å². The maximum Gasteiger partial charge on any atom is 0.375 e. The summed E-state index contributed by atoms with van der Waals surface area (Å²) in [5.74, 6) is -2.56. The van der Waals surface area contributed by atoms with Gasteiger partial charge in [0.05, 0.1) is 0 Å². The summed E-state index contributed by atoms with van der Waals surface area (Å²) in [5, 5.41) is 9.08. The Morgan fingerprint density at radius 2 is 2.12 bits per heavy atom. The van der Waals surface area contributed by atoms with Crippen LogP contribution in [0.25, 0.3) is 0 Å². The van der Waals surface area contributed by atoms with E-state index in [1.807, 2.05) is 0 Å². The zero-order valence-corrected chi connectivity index (χ0v) is 9.26. The standard InChI is InChI=1S/C11H7ClN2O3/c12-8-3-2-7(6-13-8)11(4-1-5-14-11)9(15)10(16)17/h1-6H,(H,16,17). The summed E-state index contributed by atoms with van der Waals surface area (Å²) in [5.41, 5.74) is -1.14. The van der Waals surface area contributed by atoms with Gasteiger partial charge in [0.1, 0.15) is 5.15 Å². The van der Waals surface area contributed by atoms with Crippen LogP contribution in [0.5, 0.6) is 0 Å². The molecule has 1 aliphatic heterocycles. The first-order valence-electron chi connectivity index (χ1n) is 4.69. The van der Waals surface area contributed by atoms with E-state index >= 15 is 0 Å². The molecule has 1 aromatic rings. The number of aromatic nitrogens is 1. The molecule has 6 heteroatoms. The number of carbonyl (C=O) groups is 2. The minimum atomic E-state index is -1.54. The topological polar surface area (TPSA) is 79.6 Å². The van der Waals surface area contributed by atoms with Gasteiger partial charge in [-0.05, 0) is 18.2 Å². The van der Waals surface area contributed by atoms with E-state index in [0.717, 1.165) is 0 Å². The summed E-state index contributed by atoms with van der Waals surface area (Å²) in [4.78, 5) is 30.3. The number of halogens is 1. The fourth-order valence-corrected chi connectivity index (χ4v) is 1.70.